The molecule has 0 aromatic rings. The van der Waals surface area contributed by atoms with Crippen LogP contribution in [0.1, 0.15) is 6.42 Å². The van der Waals surface area contributed by atoms with E-state index in [1.54, 1.807) is 0 Å². The molecular formula is C6H13N3O2S. The van der Waals surface area contributed by atoms with Crippen LogP contribution in [-0.2, 0) is 14.7 Å². The van der Waals surface area contributed by atoms with Crippen LogP contribution in [0.3, 0.4) is 0 Å². The van der Waals surface area contributed by atoms with Gasteiger partial charge in [-0.15, -0.1) is 0 Å². The standard InChI is InChI=1S/C6H13N3O2S/c1-12(7,11)9-4-2-3-8-6(10)5-9/h7H,2-5H2,1H3,(H,8,10). The van der Waals surface area contributed by atoms with Crippen LogP contribution in [0, 0.1) is 4.78 Å². The Balaban J connectivity index is 2.71. The molecule has 2 N–H and O–H groups in total. The third-order valence-corrected chi connectivity index (χ3v) is 3.02. The number of nitrogens with zero attached hydrogens (tertiary/aromatic N) is 1. The molecule has 70 valence electrons. The smallest absolute Gasteiger partial charge is 0.235 e. The minimum absolute atomic E-state index is 0.0822. The monoisotopic (exact) mass is 191 g/mol. The van der Waals surface area contributed by atoms with Crippen LogP contribution in [0.2, 0.25) is 0 Å². The van der Waals surface area contributed by atoms with Gasteiger partial charge >= 0.3 is 0 Å². The molecule has 1 rings (SSSR count). The van der Waals surface area contributed by atoms with Crippen molar-refractivity contribution in [1.29, 1.82) is 4.78 Å². The second kappa shape index (κ2) is 3.40. The topological polar surface area (TPSA) is 73.3 Å². The van der Waals surface area contributed by atoms with Gasteiger partial charge in [-0.2, -0.15) is 0 Å². The Morgan fingerprint density at radius 1 is 1.67 bits per heavy atom. The zero-order valence-corrected chi connectivity index (χ0v) is 7.82. The van der Waals surface area contributed by atoms with Gasteiger partial charge in [-0.3, -0.25) is 4.79 Å². The van der Waals surface area contributed by atoms with Crippen molar-refractivity contribution in [3.05, 3.63) is 0 Å². The van der Waals surface area contributed by atoms with Crippen molar-refractivity contribution < 1.29 is 9.00 Å². The van der Waals surface area contributed by atoms with Crippen LogP contribution < -0.4 is 5.32 Å². The minimum atomic E-state index is -2.71. The first-order valence-electron chi connectivity index (χ1n) is 3.76. The van der Waals surface area contributed by atoms with Crippen molar-refractivity contribution in [3.63, 3.8) is 0 Å². The lowest BCUT2D eigenvalue weighted by molar-refractivity contribution is -0.120. The largest absolute Gasteiger partial charge is 0.355 e. The molecule has 1 atom stereocenters. The first kappa shape index (κ1) is 9.47. The molecule has 5 nitrogen and oxygen atoms in total. The summed E-state index contributed by atoms with van der Waals surface area (Å²) in [4.78, 5) is 11.0. The van der Waals surface area contributed by atoms with E-state index in [4.69, 9.17) is 4.78 Å². The first-order valence-corrected chi connectivity index (χ1v) is 5.68. The molecule has 12 heavy (non-hydrogen) atoms. The summed E-state index contributed by atoms with van der Waals surface area (Å²) in [7, 11) is -2.71. The van der Waals surface area contributed by atoms with Crippen molar-refractivity contribution in [2.45, 2.75) is 6.42 Å². The van der Waals surface area contributed by atoms with E-state index in [1.165, 1.54) is 10.6 Å². The number of hydrogen-bond donors (Lipinski definition) is 2. The fourth-order valence-electron chi connectivity index (χ4n) is 1.08. The molecule has 0 aliphatic carbocycles. The van der Waals surface area contributed by atoms with Crippen molar-refractivity contribution in [1.82, 2.24) is 9.62 Å². The van der Waals surface area contributed by atoms with Gasteiger partial charge in [-0.1, -0.05) is 0 Å². The zero-order chi connectivity index (χ0) is 9.19. The molecule has 1 amide bonds. The third-order valence-electron chi connectivity index (χ3n) is 1.72. The number of carbonyl (C=O) groups is 1. The van der Waals surface area contributed by atoms with Crippen LogP contribution in [-0.4, -0.2) is 40.3 Å². The molecule has 0 radical (unpaired) electrons. The van der Waals surface area contributed by atoms with E-state index in [0.717, 1.165) is 6.42 Å². The quantitative estimate of drug-likeness (QED) is 0.581. The summed E-state index contributed by atoms with van der Waals surface area (Å²) in [5, 5.41) is 2.66. The molecular weight excluding hydrogens is 178 g/mol. The van der Waals surface area contributed by atoms with E-state index in [1.807, 2.05) is 0 Å². The summed E-state index contributed by atoms with van der Waals surface area (Å²) in [6, 6.07) is 0. The first-order chi connectivity index (χ1) is 5.50. The van der Waals surface area contributed by atoms with Gasteiger partial charge < -0.3 is 5.32 Å². The Morgan fingerprint density at radius 2 is 2.33 bits per heavy atom. The Morgan fingerprint density at radius 3 is 2.92 bits per heavy atom. The highest BCUT2D eigenvalue weighted by molar-refractivity contribution is 7.89. The average molecular weight is 191 g/mol. The van der Waals surface area contributed by atoms with Gasteiger partial charge in [0.05, 0.1) is 6.54 Å². The highest BCUT2D eigenvalue weighted by Crippen LogP contribution is 2.02. The number of nitrogens with one attached hydrogen (secondary N) is 2. The second-order valence-corrected chi connectivity index (χ2v) is 4.99. The molecule has 0 spiro atoms. The Hall–Kier alpha value is -0.620. The average Bonchev–Trinajstić information content (AvgIpc) is 2.11. The fraction of sp³-hybridized carbons (Fsp3) is 0.833. The lowest BCUT2D eigenvalue weighted by Crippen LogP contribution is -2.36. The van der Waals surface area contributed by atoms with E-state index in [-0.39, 0.29) is 12.5 Å². The number of rotatable bonds is 1. The summed E-state index contributed by atoms with van der Waals surface area (Å²) in [6.07, 6.45) is 2.10. The zero-order valence-electron chi connectivity index (χ0n) is 7.00. The number of carbonyl (C=O) groups excluding carboxylic acids is 1. The van der Waals surface area contributed by atoms with Crippen molar-refractivity contribution in [3.8, 4) is 0 Å². The Labute approximate surface area is 72.2 Å². The highest BCUT2D eigenvalue weighted by Gasteiger charge is 2.19. The Bertz CT molecular complexity index is 273. The van der Waals surface area contributed by atoms with Crippen molar-refractivity contribution >= 4 is 15.8 Å². The summed E-state index contributed by atoms with van der Waals surface area (Å²) < 4.78 is 20.0. The Kier molecular flexibility index (Phi) is 2.69. The molecule has 0 bridgehead atoms. The van der Waals surface area contributed by atoms with Crippen LogP contribution in [0.15, 0.2) is 0 Å². The summed E-state index contributed by atoms with van der Waals surface area (Å²) in [6.45, 7) is 1.25. The van der Waals surface area contributed by atoms with Crippen molar-refractivity contribution in [2.75, 3.05) is 25.9 Å². The molecule has 1 aliphatic heterocycles. The molecule has 1 unspecified atom stereocenters. The second-order valence-electron chi connectivity index (χ2n) is 2.87. The predicted octanol–water partition coefficient (Wildman–Crippen LogP) is -0.600. The lowest BCUT2D eigenvalue weighted by Gasteiger charge is -2.17. The van der Waals surface area contributed by atoms with Crippen LogP contribution in [0.4, 0.5) is 0 Å². The minimum Gasteiger partial charge on any atom is -0.355 e. The van der Waals surface area contributed by atoms with E-state index >= 15 is 0 Å². The molecule has 0 aromatic heterocycles. The maximum Gasteiger partial charge on any atom is 0.235 e. The van der Waals surface area contributed by atoms with E-state index < -0.39 is 9.92 Å². The number of hydrogen-bond acceptors (Lipinski definition) is 3. The number of amides is 1. The van der Waals surface area contributed by atoms with Crippen LogP contribution in [0.5, 0.6) is 0 Å². The van der Waals surface area contributed by atoms with Crippen LogP contribution in [0.25, 0.3) is 0 Å². The molecule has 1 aliphatic rings. The maximum atomic E-state index is 11.3. The third kappa shape index (κ3) is 2.46. The van der Waals surface area contributed by atoms with Gasteiger partial charge in [0, 0.05) is 19.3 Å². The van der Waals surface area contributed by atoms with E-state index in [9.17, 15) is 9.00 Å². The van der Waals surface area contributed by atoms with Gasteiger partial charge in [0.15, 0.2) is 0 Å². The summed E-state index contributed by atoms with van der Waals surface area (Å²) >= 11 is 0. The molecule has 0 saturated carbocycles. The van der Waals surface area contributed by atoms with E-state index in [0.29, 0.717) is 13.1 Å². The molecule has 0 aromatic carbocycles. The normalized spacial score (nSPS) is 25.6. The van der Waals surface area contributed by atoms with Gasteiger partial charge in [-0.25, -0.2) is 13.3 Å². The van der Waals surface area contributed by atoms with Gasteiger partial charge in [-0.05, 0) is 6.42 Å². The summed E-state index contributed by atoms with van der Waals surface area (Å²) in [5.74, 6) is -0.144. The summed E-state index contributed by atoms with van der Waals surface area (Å²) in [5.41, 5.74) is 0. The maximum absolute atomic E-state index is 11.3. The molecule has 1 saturated heterocycles. The van der Waals surface area contributed by atoms with Gasteiger partial charge in [0.1, 0.15) is 9.92 Å². The van der Waals surface area contributed by atoms with Gasteiger partial charge in [0.2, 0.25) is 5.91 Å². The fourth-order valence-corrected chi connectivity index (χ4v) is 1.92. The highest BCUT2D eigenvalue weighted by atomic mass is 32.2. The van der Waals surface area contributed by atoms with Crippen molar-refractivity contribution in [2.24, 2.45) is 0 Å². The lowest BCUT2D eigenvalue weighted by atomic mass is 10.4. The molecule has 1 fully saturated rings. The van der Waals surface area contributed by atoms with E-state index in [2.05, 4.69) is 5.32 Å². The van der Waals surface area contributed by atoms with Crippen LogP contribution >= 0.6 is 0 Å². The molecule has 1 heterocycles. The molecule has 6 heteroatoms. The van der Waals surface area contributed by atoms with Gasteiger partial charge in [0.25, 0.3) is 0 Å². The SMILES string of the molecule is CS(=N)(=O)N1CCCNC(=O)C1. The predicted molar refractivity (Wildman–Crippen MR) is 46.0 cm³/mol.